The molecule has 0 amide bonds. The van der Waals surface area contributed by atoms with Crippen LogP contribution in [0.4, 0.5) is 4.39 Å². The van der Waals surface area contributed by atoms with Crippen LogP contribution >= 0.6 is 11.6 Å². The van der Waals surface area contributed by atoms with E-state index in [1.54, 1.807) is 6.07 Å². The van der Waals surface area contributed by atoms with Crippen LogP contribution in [0.2, 0.25) is 5.02 Å². The quantitative estimate of drug-likeness (QED) is 0.851. The third-order valence-electron chi connectivity index (χ3n) is 3.38. The molecule has 0 radical (unpaired) electrons. The van der Waals surface area contributed by atoms with Gasteiger partial charge in [-0.2, -0.15) is 4.98 Å². The number of rotatable bonds is 7. The third-order valence-corrected chi connectivity index (χ3v) is 3.74. The van der Waals surface area contributed by atoms with Gasteiger partial charge in [0.2, 0.25) is 5.89 Å². The Balaban J connectivity index is 1.93. The van der Waals surface area contributed by atoms with E-state index >= 15 is 0 Å². The van der Waals surface area contributed by atoms with Gasteiger partial charge in [0.05, 0.1) is 0 Å². The fraction of sp³-hybridized carbons (Fsp3) is 0.467. The van der Waals surface area contributed by atoms with Crippen molar-refractivity contribution in [2.24, 2.45) is 11.7 Å². The van der Waals surface area contributed by atoms with Gasteiger partial charge in [-0.3, -0.25) is 0 Å². The molecular formula is C15H19ClFN3O. The van der Waals surface area contributed by atoms with Crippen molar-refractivity contribution >= 4 is 11.6 Å². The van der Waals surface area contributed by atoms with Gasteiger partial charge in [0.1, 0.15) is 5.82 Å². The Hall–Kier alpha value is -1.46. The fourth-order valence-corrected chi connectivity index (χ4v) is 2.33. The second kappa shape index (κ2) is 7.52. The van der Waals surface area contributed by atoms with Gasteiger partial charge in [0.25, 0.3) is 0 Å². The van der Waals surface area contributed by atoms with Gasteiger partial charge in [-0.25, -0.2) is 4.39 Å². The number of benzene rings is 1. The summed E-state index contributed by atoms with van der Waals surface area (Å²) in [4.78, 5) is 4.34. The largest absolute Gasteiger partial charge is 0.339 e. The molecule has 0 saturated carbocycles. The van der Waals surface area contributed by atoms with Crippen LogP contribution in [0.3, 0.4) is 0 Å². The Bertz CT molecular complexity index is 588. The maximum Gasteiger partial charge on any atom is 0.226 e. The zero-order chi connectivity index (χ0) is 15.2. The van der Waals surface area contributed by atoms with Gasteiger partial charge in [-0.1, -0.05) is 29.7 Å². The minimum Gasteiger partial charge on any atom is -0.339 e. The maximum atomic E-state index is 13.0. The Morgan fingerprint density at radius 3 is 2.90 bits per heavy atom. The van der Waals surface area contributed by atoms with Crippen molar-refractivity contribution < 1.29 is 8.91 Å². The van der Waals surface area contributed by atoms with Crippen molar-refractivity contribution in [1.82, 2.24) is 10.1 Å². The summed E-state index contributed by atoms with van der Waals surface area (Å²) in [5.41, 5.74) is 6.30. The highest BCUT2D eigenvalue weighted by atomic mass is 35.5. The van der Waals surface area contributed by atoms with Crippen LogP contribution in [-0.2, 0) is 12.8 Å². The summed E-state index contributed by atoms with van der Waals surface area (Å²) >= 11 is 5.99. The molecule has 2 N–H and O–H groups in total. The van der Waals surface area contributed by atoms with Crippen LogP contribution in [0.5, 0.6) is 0 Å². The first-order valence-electron chi connectivity index (χ1n) is 7.04. The topological polar surface area (TPSA) is 64.9 Å². The standard InChI is InChI=1S/C15H19ClFN3O/c1-10(6-7-18)2-5-15-19-14(20-21-15)8-11-3-4-12(17)9-13(11)16/h3-4,9-10H,2,5-8,18H2,1H3. The Morgan fingerprint density at radius 1 is 1.38 bits per heavy atom. The van der Waals surface area contributed by atoms with Gasteiger partial charge in [0, 0.05) is 17.9 Å². The number of aryl methyl sites for hydroxylation is 1. The van der Waals surface area contributed by atoms with Crippen LogP contribution < -0.4 is 5.73 Å². The van der Waals surface area contributed by atoms with Crippen molar-refractivity contribution in [2.45, 2.75) is 32.6 Å². The lowest BCUT2D eigenvalue weighted by atomic mass is 10.0. The molecule has 0 aliphatic heterocycles. The van der Waals surface area contributed by atoms with Crippen molar-refractivity contribution in [3.63, 3.8) is 0 Å². The Morgan fingerprint density at radius 2 is 2.19 bits per heavy atom. The summed E-state index contributed by atoms with van der Waals surface area (Å²) in [6, 6.07) is 4.29. The van der Waals surface area contributed by atoms with Gasteiger partial charge in [-0.05, 0) is 43.0 Å². The molecule has 21 heavy (non-hydrogen) atoms. The lowest BCUT2D eigenvalue weighted by Crippen LogP contribution is -2.06. The number of aromatic nitrogens is 2. The van der Waals surface area contributed by atoms with Gasteiger partial charge < -0.3 is 10.3 Å². The second-order valence-electron chi connectivity index (χ2n) is 5.24. The summed E-state index contributed by atoms with van der Waals surface area (Å²) in [5.74, 6) is 1.36. The smallest absolute Gasteiger partial charge is 0.226 e. The number of halogens is 2. The molecular weight excluding hydrogens is 293 g/mol. The summed E-state index contributed by atoms with van der Waals surface area (Å²) in [6.45, 7) is 2.85. The minimum absolute atomic E-state index is 0.355. The summed E-state index contributed by atoms with van der Waals surface area (Å²) < 4.78 is 18.2. The van der Waals surface area contributed by atoms with Crippen LogP contribution in [0.1, 0.15) is 37.0 Å². The highest BCUT2D eigenvalue weighted by Gasteiger charge is 2.11. The van der Waals surface area contributed by atoms with Crippen molar-refractivity contribution in [3.8, 4) is 0 Å². The highest BCUT2D eigenvalue weighted by molar-refractivity contribution is 6.31. The molecule has 6 heteroatoms. The summed E-state index contributed by atoms with van der Waals surface area (Å²) in [7, 11) is 0. The average molecular weight is 312 g/mol. The van der Waals surface area contributed by atoms with Gasteiger partial charge in [0.15, 0.2) is 5.82 Å². The first kappa shape index (κ1) is 15.9. The first-order chi connectivity index (χ1) is 10.1. The minimum atomic E-state index is -0.355. The van der Waals surface area contributed by atoms with Crippen molar-refractivity contribution in [2.75, 3.05) is 6.54 Å². The zero-order valence-corrected chi connectivity index (χ0v) is 12.7. The zero-order valence-electron chi connectivity index (χ0n) is 12.0. The second-order valence-corrected chi connectivity index (χ2v) is 5.65. The molecule has 2 rings (SSSR count). The molecule has 2 aromatic rings. The van der Waals surface area contributed by atoms with Crippen LogP contribution in [-0.4, -0.2) is 16.7 Å². The molecule has 0 saturated heterocycles. The molecule has 1 atom stereocenters. The summed E-state index contributed by atoms with van der Waals surface area (Å²) in [6.07, 6.45) is 3.13. The molecule has 0 fully saturated rings. The van der Waals surface area contributed by atoms with E-state index in [1.807, 2.05) is 0 Å². The van der Waals surface area contributed by atoms with E-state index in [0.29, 0.717) is 35.6 Å². The van der Waals surface area contributed by atoms with Crippen molar-refractivity contribution in [1.29, 1.82) is 0 Å². The number of hydrogen-bond donors (Lipinski definition) is 1. The molecule has 1 aromatic carbocycles. The van der Waals surface area contributed by atoms with Crippen LogP contribution in [0.25, 0.3) is 0 Å². The van der Waals surface area contributed by atoms with Crippen LogP contribution in [0.15, 0.2) is 22.7 Å². The molecule has 1 unspecified atom stereocenters. The Kier molecular flexibility index (Phi) is 5.70. The predicted molar refractivity (Wildman–Crippen MR) is 79.7 cm³/mol. The van der Waals surface area contributed by atoms with E-state index in [9.17, 15) is 4.39 Å². The van der Waals surface area contributed by atoms with E-state index in [-0.39, 0.29) is 5.82 Å². The van der Waals surface area contributed by atoms with Gasteiger partial charge in [-0.15, -0.1) is 0 Å². The molecule has 0 aliphatic rings. The normalized spacial score (nSPS) is 12.6. The van der Waals surface area contributed by atoms with Crippen molar-refractivity contribution in [3.05, 3.63) is 46.3 Å². The molecule has 0 aliphatic carbocycles. The monoisotopic (exact) mass is 311 g/mol. The number of hydrogen-bond acceptors (Lipinski definition) is 4. The SMILES string of the molecule is CC(CCN)CCc1nc(Cc2ccc(F)cc2Cl)no1. The highest BCUT2D eigenvalue weighted by Crippen LogP contribution is 2.20. The summed E-state index contributed by atoms with van der Waals surface area (Å²) in [5, 5.41) is 4.31. The predicted octanol–water partition coefficient (Wildman–Crippen LogP) is 3.37. The molecule has 0 bridgehead atoms. The Labute approximate surface area is 128 Å². The van der Waals surface area contributed by atoms with Crippen LogP contribution in [0, 0.1) is 11.7 Å². The molecule has 1 aromatic heterocycles. The fourth-order valence-electron chi connectivity index (χ4n) is 2.10. The van der Waals surface area contributed by atoms with E-state index in [1.165, 1.54) is 12.1 Å². The number of nitrogens with zero attached hydrogens (tertiary/aromatic N) is 2. The lowest BCUT2D eigenvalue weighted by molar-refractivity contribution is 0.358. The first-order valence-corrected chi connectivity index (χ1v) is 7.41. The lowest BCUT2D eigenvalue weighted by Gasteiger charge is -2.06. The molecule has 0 spiro atoms. The molecule has 1 heterocycles. The molecule has 4 nitrogen and oxygen atoms in total. The van der Waals surface area contributed by atoms with E-state index in [4.69, 9.17) is 21.9 Å². The average Bonchev–Trinajstić information content (AvgIpc) is 2.88. The van der Waals surface area contributed by atoms with E-state index in [2.05, 4.69) is 17.1 Å². The van der Waals surface area contributed by atoms with E-state index < -0.39 is 0 Å². The maximum absolute atomic E-state index is 13.0. The van der Waals surface area contributed by atoms with E-state index in [0.717, 1.165) is 24.8 Å². The van der Waals surface area contributed by atoms with Gasteiger partial charge >= 0.3 is 0 Å². The number of nitrogens with two attached hydrogens (primary N) is 1. The third kappa shape index (κ3) is 4.79. The molecule has 114 valence electrons.